The van der Waals surface area contributed by atoms with Crippen molar-refractivity contribution in [2.75, 3.05) is 26.7 Å². The van der Waals surface area contributed by atoms with Crippen LogP contribution in [0.3, 0.4) is 0 Å². The molecule has 1 N–H and O–H groups in total. The maximum atomic E-state index is 12.7. The van der Waals surface area contributed by atoms with E-state index in [1.54, 1.807) is 7.11 Å². The van der Waals surface area contributed by atoms with Crippen molar-refractivity contribution < 1.29 is 9.53 Å². The third kappa shape index (κ3) is 6.05. The Kier molecular flexibility index (Phi) is 8.38. The molecule has 1 saturated heterocycles. The van der Waals surface area contributed by atoms with Crippen LogP contribution in [0.25, 0.3) is 0 Å². The highest BCUT2D eigenvalue weighted by atomic mass is 16.5. The third-order valence-electron chi connectivity index (χ3n) is 7.96. The number of aliphatic imine (C=N–C) groups is 1. The first-order valence-electron chi connectivity index (χ1n) is 13.4. The fraction of sp³-hybridized carbons (Fsp3) is 0.714. The number of rotatable bonds is 10. The predicted molar refractivity (Wildman–Crippen MR) is 138 cm³/mol. The van der Waals surface area contributed by atoms with Gasteiger partial charge >= 0.3 is 0 Å². The van der Waals surface area contributed by atoms with Crippen LogP contribution < -0.4 is 10.1 Å². The summed E-state index contributed by atoms with van der Waals surface area (Å²) in [7, 11) is 1.71. The van der Waals surface area contributed by atoms with Crippen LogP contribution in [0.15, 0.2) is 29.3 Å². The summed E-state index contributed by atoms with van der Waals surface area (Å²) in [6.45, 7) is 9.40. The lowest BCUT2D eigenvalue weighted by atomic mass is 9.86. The van der Waals surface area contributed by atoms with Crippen molar-refractivity contribution in [2.24, 2.45) is 16.8 Å². The number of carbonyl (C=O) groups is 1. The van der Waals surface area contributed by atoms with E-state index >= 15 is 0 Å². The zero-order chi connectivity index (χ0) is 24.1. The van der Waals surface area contributed by atoms with Crippen molar-refractivity contribution in [1.29, 1.82) is 0 Å². The van der Waals surface area contributed by atoms with Gasteiger partial charge in [0.15, 0.2) is 5.96 Å². The highest BCUT2D eigenvalue weighted by molar-refractivity contribution is 5.85. The minimum atomic E-state index is 0.0953. The summed E-state index contributed by atoms with van der Waals surface area (Å²) in [5.41, 5.74) is 1.31. The van der Waals surface area contributed by atoms with Gasteiger partial charge in [-0.1, -0.05) is 58.1 Å². The summed E-state index contributed by atoms with van der Waals surface area (Å²) in [5.74, 6) is 3.53. The second-order valence-corrected chi connectivity index (χ2v) is 11.0. The lowest BCUT2D eigenvalue weighted by Crippen LogP contribution is -2.46. The van der Waals surface area contributed by atoms with E-state index in [-0.39, 0.29) is 11.9 Å². The van der Waals surface area contributed by atoms with Crippen LogP contribution in [0.5, 0.6) is 5.75 Å². The van der Waals surface area contributed by atoms with Gasteiger partial charge in [0.2, 0.25) is 5.91 Å². The van der Waals surface area contributed by atoms with Crippen LogP contribution in [0.2, 0.25) is 0 Å². The Bertz CT molecular complexity index is 831. The SMILES string of the molecule is COc1ccc(C[C@H]2CN3C(=NC[C@@H]3C(C)C)N2C[C@H](C)NC(=O)CCC2CCCCC2)cc1. The van der Waals surface area contributed by atoms with E-state index in [1.165, 1.54) is 37.7 Å². The lowest BCUT2D eigenvalue weighted by molar-refractivity contribution is -0.122. The quantitative estimate of drug-likeness (QED) is 0.550. The summed E-state index contributed by atoms with van der Waals surface area (Å²) in [6.07, 6.45) is 9.31. The molecular weight excluding hydrogens is 424 g/mol. The molecule has 0 unspecified atom stereocenters. The van der Waals surface area contributed by atoms with Crippen LogP contribution in [-0.2, 0) is 11.2 Å². The summed E-state index contributed by atoms with van der Waals surface area (Å²) < 4.78 is 5.33. The first-order chi connectivity index (χ1) is 16.4. The molecule has 1 amide bonds. The molecular formula is C28H44N4O2. The minimum Gasteiger partial charge on any atom is -0.497 e. The standard InChI is InChI=1S/C28H44N4O2/c1-20(2)26-17-29-28-31(18-21(3)30-27(33)15-12-22-8-6-5-7-9-22)24(19-32(26)28)16-23-10-13-25(34-4)14-11-23/h10-11,13-14,20-22,24,26H,5-9,12,15-19H2,1-4H3,(H,30,33)/t21-,24-,26+/m0/s1. The van der Waals surface area contributed by atoms with Crippen molar-refractivity contribution in [1.82, 2.24) is 15.1 Å². The van der Waals surface area contributed by atoms with Gasteiger partial charge in [-0.25, -0.2) is 0 Å². The molecule has 2 aliphatic heterocycles. The van der Waals surface area contributed by atoms with E-state index in [0.29, 0.717) is 24.4 Å². The van der Waals surface area contributed by atoms with Crippen molar-refractivity contribution in [3.05, 3.63) is 29.8 Å². The van der Waals surface area contributed by atoms with Crippen LogP contribution in [0.1, 0.15) is 71.3 Å². The first kappa shape index (κ1) is 24.9. The zero-order valence-corrected chi connectivity index (χ0v) is 21.6. The third-order valence-corrected chi connectivity index (χ3v) is 7.96. The van der Waals surface area contributed by atoms with E-state index in [9.17, 15) is 4.79 Å². The topological polar surface area (TPSA) is 57.2 Å². The number of nitrogens with one attached hydrogen (secondary N) is 1. The van der Waals surface area contributed by atoms with Gasteiger partial charge in [0.25, 0.3) is 0 Å². The van der Waals surface area contributed by atoms with Crippen molar-refractivity contribution >= 4 is 11.9 Å². The smallest absolute Gasteiger partial charge is 0.220 e. The number of fused-ring (bicyclic) bond motifs is 1. The Labute approximate surface area is 206 Å². The number of carbonyl (C=O) groups excluding carboxylic acids is 1. The lowest BCUT2D eigenvalue weighted by Gasteiger charge is -2.29. The molecule has 1 aromatic carbocycles. The fourth-order valence-electron chi connectivity index (χ4n) is 5.98. The van der Waals surface area contributed by atoms with Crippen molar-refractivity contribution in [2.45, 2.75) is 90.3 Å². The second kappa shape index (κ2) is 11.5. The fourth-order valence-corrected chi connectivity index (χ4v) is 5.98. The van der Waals surface area contributed by atoms with Gasteiger partial charge in [-0.2, -0.15) is 0 Å². The van der Waals surface area contributed by atoms with Crippen LogP contribution >= 0.6 is 0 Å². The van der Waals surface area contributed by atoms with Crippen molar-refractivity contribution in [3.8, 4) is 5.75 Å². The Balaban J connectivity index is 1.37. The Morgan fingerprint density at radius 2 is 1.88 bits per heavy atom. The zero-order valence-electron chi connectivity index (χ0n) is 21.6. The van der Waals surface area contributed by atoms with Gasteiger partial charge in [0, 0.05) is 25.6 Å². The van der Waals surface area contributed by atoms with Gasteiger partial charge in [-0.05, 0) is 49.3 Å². The van der Waals surface area contributed by atoms with Crippen LogP contribution in [-0.4, -0.2) is 66.5 Å². The highest BCUT2D eigenvalue weighted by Gasteiger charge is 2.43. The minimum absolute atomic E-state index is 0.0953. The van der Waals surface area contributed by atoms with E-state index in [1.807, 2.05) is 12.1 Å². The molecule has 0 spiro atoms. The average Bonchev–Trinajstić information content (AvgIpc) is 3.39. The van der Waals surface area contributed by atoms with Gasteiger partial charge in [-0.15, -0.1) is 0 Å². The molecule has 1 aliphatic carbocycles. The van der Waals surface area contributed by atoms with Gasteiger partial charge in [-0.3, -0.25) is 9.79 Å². The molecule has 0 aromatic heterocycles. The number of nitrogens with zero attached hydrogens (tertiary/aromatic N) is 3. The Morgan fingerprint density at radius 3 is 2.56 bits per heavy atom. The van der Waals surface area contributed by atoms with Crippen LogP contribution in [0.4, 0.5) is 0 Å². The maximum Gasteiger partial charge on any atom is 0.220 e. The van der Waals surface area contributed by atoms with Gasteiger partial charge in [0.1, 0.15) is 5.75 Å². The Hall–Kier alpha value is -2.24. The molecule has 188 valence electrons. The number of hydrogen-bond donors (Lipinski definition) is 1. The highest BCUT2D eigenvalue weighted by Crippen LogP contribution is 2.30. The molecule has 6 nitrogen and oxygen atoms in total. The molecule has 0 radical (unpaired) electrons. The number of amides is 1. The Morgan fingerprint density at radius 1 is 1.15 bits per heavy atom. The number of guanidine groups is 1. The van der Waals surface area contributed by atoms with Gasteiger partial charge < -0.3 is 19.9 Å². The molecule has 2 fully saturated rings. The summed E-state index contributed by atoms with van der Waals surface area (Å²) in [5, 5.41) is 3.29. The number of benzene rings is 1. The molecule has 34 heavy (non-hydrogen) atoms. The summed E-state index contributed by atoms with van der Waals surface area (Å²) in [4.78, 5) is 22.6. The van der Waals surface area contributed by atoms with E-state index in [2.05, 4.69) is 48.0 Å². The normalized spacial score (nSPS) is 23.7. The predicted octanol–water partition coefficient (Wildman–Crippen LogP) is 4.48. The molecule has 4 rings (SSSR count). The second-order valence-electron chi connectivity index (χ2n) is 11.0. The summed E-state index contributed by atoms with van der Waals surface area (Å²) >= 11 is 0. The summed E-state index contributed by atoms with van der Waals surface area (Å²) in [6, 6.07) is 9.34. The first-order valence-corrected chi connectivity index (χ1v) is 13.4. The van der Waals surface area contributed by atoms with E-state index < -0.39 is 0 Å². The molecule has 6 heteroatoms. The van der Waals surface area contributed by atoms with Crippen molar-refractivity contribution in [3.63, 3.8) is 0 Å². The molecule has 3 atom stereocenters. The molecule has 0 bridgehead atoms. The number of ether oxygens (including phenoxy) is 1. The molecule has 1 saturated carbocycles. The maximum absolute atomic E-state index is 12.7. The largest absolute Gasteiger partial charge is 0.497 e. The molecule has 1 aromatic rings. The van der Waals surface area contributed by atoms with Crippen LogP contribution in [0, 0.1) is 11.8 Å². The van der Waals surface area contributed by atoms with E-state index in [4.69, 9.17) is 9.73 Å². The number of methoxy groups -OCH3 is 1. The molecule has 2 heterocycles. The average molecular weight is 469 g/mol. The van der Waals surface area contributed by atoms with Gasteiger partial charge in [0.05, 0.1) is 25.7 Å². The number of hydrogen-bond acceptors (Lipinski definition) is 5. The molecule has 3 aliphatic rings. The van der Waals surface area contributed by atoms with E-state index in [0.717, 1.165) is 50.1 Å². The monoisotopic (exact) mass is 468 g/mol.